The Kier molecular flexibility index (Phi) is 47.8. The predicted octanol–water partition coefficient (Wildman–Crippen LogP) is 16.1. The number of fused-ring (bicyclic) bond motifs is 8. The van der Waals surface area contributed by atoms with Crippen molar-refractivity contribution in [1.82, 2.24) is 9.15 Å². The summed E-state index contributed by atoms with van der Waals surface area (Å²) in [5, 5.41) is 198. The number of aliphatic hydroxyl groups is 2. The molecule has 15 aromatic rings. The molecule has 142 heavy (non-hydrogen) atoms. The maximum atomic E-state index is 11.1. The largest absolute Gasteiger partial charge is 0.872 e. The first-order chi connectivity index (χ1) is 66.7. The molecular formula is C94H116N8O24S16+4. The van der Waals surface area contributed by atoms with Gasteiger partial charge in [0, 0.05) is 63.3 Å². The quantitative estimate of drug-likeness (QED) is 0.0188. The van der Waals surface area contributed by atoms with Crippen LogP contribution in [0.25, 0.3) is 75.2 Å². The van der Waals surface area contributed by atoms with Crippen molar-refractivity contribution in [3.8, 4) is 80.5 Å². The topological polar surface area (TPSA) is 517 Å². The molecule has 2 aliphatic carbocycles. The molecule has 0 spiro atoms. The molecule has 4 aliphatic rings. The van der Waals surface area contributed by atoms with Crippen LogP contribution in [0.2, 0.25) is 0 Å². The summed E-state index contributed by atoms with van der Waals surface area (Å²) in [6.45, 7) is 19.0. The number of carboxylic acid groups (broad SMARTS) is 4. The Morgan fingerprint density at radius 1 is 0.458 bits per heavy atom. The van der Waals surface area contributed by atoms with Gasteiger partial charge in [0.25, 0.3) is 0 Å². The fourth-order valence-electron chi connectivity index (χ4n) is 14.2. The lowest BCUT2D eigenvalue weighted by atomic mass is 9.95. The molecular weight excluding hydrogens is 2140 g/mol. The molecule has 3 fully saturated rings. The van der Waals surface area contributed by atoms with E-state index in [1.807, 2.05) is 30.6 Å². The standard InChI is InChI=1S/C22H27N2O2S4.C18H19N2O4S4.C16H20N2O2S4.C12H11N2O2S4.3C6H6O2.2C2H4O2.2CH2O2.2CH4/c1-23(13-9-5-3-6-10-13)21-27-17-15(25)19-20(16(26)18(17)28-21)30-22(29-19)24(2)14-11-7-4-8-12-14;21-9-3-1-5-19(7-9)17-25-13-11(23)15-16(12(24)14(13)26-17)28-18(27-15)20-6-2-4-10(22)8-20;1-5-17(6-2)15-21-11-9(19)13-14(10(20)12(11)22-15)24-16(23-13)18(7-3)8-4;1-13(2)11-17-7-5(15)9-10(6(16)8(7)18-11)20-12(19-9)14(3)4;3*7-5-1-2-6(8)4-3-5;2*1-2(3)4;2*2-1-3;;/h13H,3-12H2,1-2H3;5,9-10,21-22H,1-4,6-8H2;5-8H2,1-4H3;1H2,2-4H3;3*1-4,7-8H;2*1H3,(H,3,4);2*1H,(H,2,3);2*1H4/q2*+1;;+1;;;;;;;;;/p+1. The van der Waals surface area contributed by atoms with Crippen LogP contribution in [-0.4, -0.2) is 223 Å². The van der Waals surface area contributed by atoms with Crippen molar-refractivity contribution in [2.75, 3.05) is 95.8 Å². The van der Waals surface area contributed by atoms with E-state index in [9.17, 15) is 66.4 Å². The van der Waals surface area contributed by atoms with Gasteiger partial charge in [0.05, 0.1) is 24.9 Å². The summed E-state index contributed by atoms with van der Waals surface area (Å²) in [5.74, 6) is 0.263. The highest BCUT2D eigenvalue weighted by Crippen LogP contribution is 2.60. The molecule has 48 heteroatoms. The molecule has 10 heterocycles. The van der Waals surface area contributed by atoms with Crippen molar-refractivity contribution >= 4 is 326 Å². The number of phenolic OH excluding ortho intramolecular Hbond substituents is 11. The van der Waals surface area contributed by atoms with E-state index in [-0.39, 0.29) is 84.6 Å². The predicted molar refractivity (Wildman–Crippen MR) is 584 cm³/mol. The second-order valence-corrected chi connectivity index (χ2v) is 49.4. The number of carbonyl (C=O) groups is 4. The highest BCUT2D eigenvalue weighted by molar-refractivity contribution is 7.49. The van der Waals surface area contributed by atoms with Crippen molar-refractivity contribution in [3.63, 3.8) is 0 Å². The highest BCUT2D eigenvalue weighted by atomic mass is 32.2. The SMILES string of the molecule is C.C.C=[N+](C)c1sc2c(O)c3sc(N(C)C)[s+]c3c(O)c2[s+]1.CC(=O)[O-].CC(=O)[O-].CC[N+](CC)=c1sc2c(O)c3sc(=[N+](CC)CC)sc3c(O)c2s1.CN(c1sc2c(O)c3sc([N+](C)=C4CCCCC4)[s+]c3c(O)c2[s+]1)C1CCCCC1.O=C[O-].O=C[O-].Oc1c2sc(N3CCCC(O)C3)[s+]c2c(O)c2[s+]c([N+]3=CCCC(O)C3)sc12.[O-]c1ccc(O)cc1.[O-]c1ccc(O)cc1.[O-]c1ccc(O)cc1. The van der Waals surface area contributed by atoms with Crippen molar-refractivity contribution in [2.45, 2.75) is 165 Å². The third kappa shape index (κ3) is 31.3. The van der Waals surface area contributed by atoms with Crippen molar-refractivity contribution < 1.29 is 135 Å². The average molecular weight is 2260 g/mol. The molecule has 0 amide bonds. The van der Waals surface area contributed by atoms with Gasteiger partial charge in [-0.15, -0.1) is 26.4 Å². The van der Waals surface area contributed by atoms with E-state index >= 15 is 0 Å². The number of hydrogen-bond acceptors (Lipinski definition) is 37. The number of aliphatic carboxylic acids is 2. The molecule has 1 saturated heterocycles. The summed E-state index contributed by atoms with van der Waals surface area (Å²) >= 11 is 24.5. The van der Waals surface area contributed by atoms with Gasteiger partial charge in [-0.05, 0) is 144 Å². The van der Waals surface area contributed by atoms with E-state index in [0.717, 1.165) is 171 Å². The monoisotopic (exact) mass is 2250 g/mol. The van der Waals surface area contributed by atoms with Gasteiger partial charge in [0.1, 0.15) is 138 Å². The molecule has 32 nitrogen and oxygen atoms in total. The van der Waals surface area contributed by atoms with Crippen LogP contribution < -0.4 is 67.6 Å². The van der Waals surface area contributed by atoms with Crippen LogP contribution >= 0.6 is 181 Å². The minimum absolute atomic E-state index is 0. The molecule has 2 saturated carbocycles. The number of piperidine rings is 1. The Hall–Kier alpha value is -9.49. The Morgan fingerprint density at radius 3 is 1.20 bits per heavy atom. The van der Waals surface area contributed by atoms with Crippen LogP contribution in [0.4, 0.5) is 25.9 Å². The molecule has 19 rings (SSSR count). The Bertz CT molecular complexity index is 6510. The third-order valence-corrected chi connectivity index (χ3v) is 43.0. The van der Waals surface area contributed by atoms with Crippen LogP contribution in [0.15, 0.2) is 72.8 Å². The van der Waals surface area contributed by atoms with Crippen LogP contribution in [-0.2, 0) is 19.2 Å². The number of benzene rings is 7. The fourth-order valence-corrected chi connectivity index (χ4v) is 35.5. The van der Waals surface area contributed by atoms with E-state index in [4.69, 9.17) is 54.9 Å². The minimum atomic E-state index is -1.08. The van der Waals surface area contributed by atoms with Crippen LogP contribution in [0.3, 0.4) is 0 Å². The number of β-amino-alcohol motifs (C(OH)–C–C–N with tert-alkyl or cyclic N) is 2. The number of phenols is 11. The van der Waals surface area contributed by atoms with Gasteiger partial charge in [-0.3, -0.25) is 0 Å². The number of nitrogens with zero attached hydrogens (tertiary/aromatic N) is 8. The Balaban J connectivity index is 0.000000229. The Morgan fingerprint density at radius 2 is 0.810 bits per heavy atom. The maximum absolute atomic E-state index is 11.1. The average Bonchev–Trinajstić information content (AvgIpc) is 1.59. The van der Waals surface area contributed by atoms with Crippen LogP contribution in [0.1, 0.15) is 146 Å². The molecule has 2 atom stereocenters. The Labute approximate surface area is 883 Å². The molecule has 13 N–H and O–H groups in total. The summed E-state index contributed by atoms with van der Waals surface area (Å²) in [6, 6.07) is 16.6. The lowest BCUT2D eigenvalue weighted by Crippen LogP contribution is -2.37. The molecule has 0 radical (unpaired) electrons. The van der Waals surface area contributed by atoms with Gasteiger partial charge in [-0.25, -0.2) is 23.9 Å². The summed E-state index contributed by atoms with van der Waals surface area (Å²) in [4.78, 5) is 40.8. The second-order valence-electron chi connectivity index (χ2n) is 31.3. The first-order valence-corrected chi connectivity index (χ1v) is 56.6. The van der Waals surface area contributed by atoms with Crippen molar-refractivity contribution in [3.05, 3.63) is 80.8 Å². The second kappa shape index (κ2) is 56.8. The summed E-state index contributed by atoms with van der Waals surface area (Å²) < 4.78 is 31.4. The zero-order chi connectivity index (χ0) is 103. The summed E-state index contributed by atoms with van der Waals surface area (Å²) in [6.07, 6.45) is 17.3. The third-order valence-electron chi connectivity index (χ3n) is 21.1. The molecule has 0 bridgehead atoms. The van der Waals surface area contributed by atoms with Gasteiger partial charge < -0.3 is 121 Å². The molecule has 768 valence electrons. The molecule has 7 aromatic carbocycles. The zero-order valence-corrected chi connectivity index (χ0v) is 90.9. The molecule has 8 aromatic heterocycles. The fraction of sp³-hybridized carbons (Fsp3) is 0.394. The number of aliphatic hydroxyl groups excluding tert-OH is 2. The minimum Gasteiger partial charge on any atom is -0.872 e. The zero-order valence-electron chi connectivity index (χ0n) is 77.9. The lowest BCUT2D eigenvalue weighted by Gasteiger charge is -2.26. The number of rotatable bonds is 11. The summed E-state index contributed by atoms with van der Waals surface area (Å²) in [7, 11) is 10.1. The maximum Gasteiger partial charge on any atom is 0.516 e. The molecule has 2 aliphatic heterocycles. The van der Waals surface area contributed by atoms with Gasteiger partial charge >= 0.3 is 33.9 Å². The number of carboxylic acids is 2. The van der Waals surface area contributed by atoms with Crippen molar-refractivity contribution in [1.29, 1.82) is 0 Å². The van der Waals surface area contributed by atoms with Gasteiger partial charge in [0.2, 0.25) is 90.9 Å². The van der Waals surface area contributed by atoms with Gasteiger partial charge in [-0.2, -0.15) is 4.58 Å². The number of aromatic hydroxyl groups is 11. The lowest BCUT2D eigenvalue weighted by molar-refractivity contribution is -0.446. The summed E-state index contributed by atoms with van der Waals surface area (Å²) in [5.41, 5.74) is 1.48. The van der Waals surface area contributed by atoms with Crippen molar-refractivity contribution in [2.24, 2.45) is 0 Å². The van der Waals surface area contributed by atoms with Crippen LogP contribution in [0.5, 0.6) is 80.5 Å². The highest BCUT2D eigenvalue weighted by Gasteiger charge is 2.43. The van der Waals surface area contributed by atoms with E-state index < -0.39 is 24.9 Å². The molecule has 2 unspecified atom stereocenters. The van der Waals surface area contributed by atoms with E-state index in [1.165, 1.54) is 225 Å². The first kappa shape index (κ1) is 119. The number of anilines is 3. The van der Waals surface area contributed by atoms with E-state index in [0.29, 0.717) is 60.9 Å². The smallest absolute Gasteiger partial charge is 0.516 e. The van der Waals surface area contributed by atoms with Gasteiger partial charge in [0.15, 0.2) is 98.0 Å². The first-order valence-electron chi connectivity index (χ1n) is 43.5. The number of hydrogen-bond donors (Lipinski definition) is 13. The van der Waals surface area contributed by atoms with Crippen LogP contribution in [0, 0.1) is 0 Å². The van der Waals surface area contributed by atoms with Gasteiger partial charge in [-0.1, -0.05) is 122 Å². The normalized spacial score (nSPS) is 14.4. The van der Waals surface area contributed by atoms with E-state index in [1.54, 1.807) is 95.3 Å². The van der Waals surface area contributed by atoms with E-state index in [2.05, 4.69) is 78.2 Å². The number of carbonyl (C=O) groups excluding carboxylic acids is 4.